The summed E-state index contributed by atoms with van der Waals surface area (Å²) in [5.41, 5.74) is 0.949. The fourth-order valence-electron chi connectivity index (χ4n) is 1.04. The summed E-state index contributed by atoms with van der Waals surface area (Å²) in [6.07, 6.45) is 3.07. The van der Waals surface area contributed by atoms with Crippen molar-refractivity contribution in [1.29, 1.82) is 0 Å². The normalized spacial score (nSPS) is 11.7. The minimum Gasteiger partial charge on any atom is -0.396 e. The van der Waals surface area contributed by atoms with Crippen LogP contribution in [0.4, 0.5) is 0 Å². The van der Waals surface area contributed by atoms with E-state index in [1.165, 1.54) is 0 Å². The zero-order valence-electron chi connectivity index (χ0n) is 8.99. The van der Waals surface area contributed by atoms with Crippen LogP contribution in [0.5, 0.6) is 0 Å². The van der Waals surface area contributed by atoms with Crippen LogP contribution in [0.3, 0.4) is 0 Å². The van der Waals surface area contributed by atoms with E-state index >= 15 is 0 Å². The molecule has 1 rings (SSSR count). The summed E-state index contributed by atoms with van der Waals surface area (Å²) in [6, 6.07) is 0. The Morgan fingerprint density at radius 1 is 1.36 bits per heavy atom. The number of aliphatic hydroxyl groups is 1. The lowest BCUT2D eigenvalue weighted by Gasteiger charge is -2.16. The molecule has 78 valence electrons. The molecule has 0 unspecified atom stereocenters. The third-order valence-electron chi connectivity index (χ3n) is 1.93. The Bertz CT molecular complexity index is 294. The van der Waals surface area contributed by atoms with E-state index in [4.69, 9.17) is 5.11 Å². The average Bonchev–Trinajstić information content (AvgIpc) is 2.14. The molecule has 1 aromatic rings. The molecule has 0 saturated heterocycles. The summed E-state index contributed by atoms with van der Waals surface area (Å²) in [5, 5.41) is 16.5. The van der Waals surface area contributed by atoms with Crippen molar-refractivity contribution >= 4 is 0 Å². The number of hydrogen-bond acceptors (Lipinski definition) is 4. The summed E-state index contributed by atoms with van der Waals surface area (Å²) in [7, 11) is 0. The van der Waals surface area contributed by atoms with E-state index in [2.05, 4.69) is 36.0 Å². The van der Waals surface area contributed by atoms with Crippen molar-refractivity contribution in [2.75, 3.05) is 6.61 Å². The molecule has 0 aliphatic carbocycles. The first-order valence-corrected chi connectivity index (χ1v) is 4.84. The highest BCUT2D eigenvalue weighted by atomic mass is 16.2. The van der Waals surface area contributed by atoms with Gasteiger partial charge in [-0.05, 0) is 6.42 Å². The number of nitrogens with zero attached hydrogens (tertiary/aromatic N) is 3. The SMILES string of the molecule is CC(C)(C)c1cnnc(CCCO)n1. The predicted octanol–water partition coefficient (Wildman–Crippen LogP) is 1.09. The molecule has 1 N–H and O–H groups in total. The second kappa shape index (κ2) is 4.46. The monoisotopic (exact) mass is 195 g/mol. The molecule has 0 aliphatic rings. The van der Waals surface area contributed by atoms with Crippen LogP contribution < -0.4 is 0 Å². The number of aliphatic hydroxyl groups excluding tert-OH is 1. The van der Waals surface area contributed by atoms with E-state index < -0.39 is 0 Å². The summed E-state index contributed by atoms with van der Waals surface area (Å²) in [5.74, 6) is 0.714. The minimum atomic E-state index is 0.00387. The summed E-state index contributed by atoms with van der Waals surface area (Å²) in [6.45, 7) is 6.44. The lowest BCUT2D eigenvalue weighted by molar-refractivity contribution is 0.287. The summed E-state index contributed by atoms with van der Waals surface area (Å²) in [4.78, 5) is 4.40. The van der Waals surface area contributed by atoms with Crippen LogP contribution in [0.1, 0.15) is 38.7 Å². The fraction of sp³-hybridized carbons (Fsp3) is 0.700. The lowest BCUT2D eigenvalue weighted by Crippen LogP contribution is -2.16. The van der Waals surface area contributed by atoms with Crippen molar-refractivity contribution in [1.82, 2.24) is 15.2 Å². The van der Waals surface area contributed by atoms with Gasteiger partial charge in [-0.3, -0.25) is 0 Å². The zero-order chi connectivity index (χ0) is 10.6. The predicted molar refractivity (Wildman–Crippen MR) is 53.9 cm³/mol. The molecule has 0 saturated carbocycles. The van der Waals surface area contributed by atoms with Gasteiger partial charge in [-0.1, -0.05) is 20.8 Å². The Morgan fingerprint density at radius 3 is 2.64 bits per heavy atom. The number of rotatable bonds is 3. The average molecular weight is 195 g/mol. The molecule has 0 aliphatic heterocycles. The topological polar surface area (TPSA) is 58.9 Å². The van der Waals surface area contributed by atoms with Crippen molar-refractivity contribution < 1.29 is 5.11 Å². The molecule has 0 aromatic carbocycles. The molecule has 0 bridgehead atoms. The Kier molecular flexibility index (Phi) is 3.52. The van der Waals surface area contributed by atoms with E-state index in [0.29, 0.717) is 18.7 Å². The van der Waals surface area contributed by atoms with Gasteiger partial charge in [0.25, 0.3) is 0 Å². The Hall–Kier alpha value is -1.03. The second-order valence-electron chi connectivity index (χ2n) is 4.34. The highest BCUT2D eigenvalue weighted by molar-refractivity contribution is 5.08. The molecule has 0 atom stereocenters. The van der Waals surface area contributed by atoms with Crippen molar-refractivity contribution in [3.63, 3.8) is 0 Å². The first-order chi connectivity index (χ1) is 6.54. The van der Waals surface area contributed by atoms with E-state index in [9.17, 15) is 0 Å². The summed E-state index contributed by atoms with van der Waals surface area (Å²) < 4.78 is 0. The van der Waals surface area contributed by atoms with Gasteiger partial charge in [0.1, 0.15) is 0 Å². The van der Waals surface area contributed by atoms with Gasteiger partial charge in [-0.2, -0.15) is 5.10 Å². The molecule has 0 radical (unpaired) electrons. The molecule has 14 heavy (non-hydrogen) atoms. The van der Waals surface area contributed by atoms with Crippen molar-refractivity contribution in [2.24, 2.45) is 0 Å². The third kappa shape index (κ3) is 3.03. The molecule has 0 spiro atoms. The van der Waals surface area contributed by atoms with Gasteiger partial charge >= 0.3 is 0 Å². The Labute approximate surface area is 84.4 Å². The van der Waals surface area contributed by atoms with E-state index in [-0.39, 0.29) is 12.0 Å². The van der Waals surface area contributed by atoms with Gasteiger partial charge in [0.2, 0.25) is 0 Å². The first-order valence-electron chi connectivity index (χ1n) is 4.84. The molecule has 1 heterocycles. The van der Waals surface area contributed by atoms with Gasteiger partial charge in [0.05, 0.1) is 11.9 Å². The highest BCUT2D eigenvalue weighted by Crippen LogP contribution is 2.18. The van der Waals surface area contributed by atoms with Crippen LogP contribution in [0.2, 0.25) is 0 Å². The number of hydrogen-bond donors (Lipinski definition) is 1. The molecule has 0 fully saturated rings. The lowest BCUT2D eigenvalue weighted by atomic mass is 9.93. The van der Waals surface area contributed by atoms with E-state index in [1.807, 2.05) is 0 Å². The number of aryl methyl sites for hydroxylation is 1. The van der Waals surface area contributed by atoms with Crippen LogP contribution >= 0.6 is 0 Å². The van der Waals surface area contributed by atoms with Gasteiger partial charge in [0, 0.05) is 18.4 Å². The molecule has 4 nitrogen and oxygen atoms in total. The van der Waals surface area contributed by atoms with Gasteiger partial charge in [-0.15, -0.1) is 5.10 Å². The summed E-state index contributed by atoms with van der Waals surface area (Å²) >= 11 is 0. The van der Waals surface area contributed by atoms with Crippen molar-refractivity contribution in [3.05, 3.63) is 17.7 Å². The standard InChI is InChI=1S/C10H17N3O/c1-10(2,3)8-7-11-13-9(12-8)5-4-6-14/h7,14H,4-6H2,1-3H3. The third-order valence-corrected chi connectivity index (χ3v) is 1.93. The van der Waals surface area contributed by atoms with Crippen LogP contribution in [-0.4, -0.2) is 26.9 Å². The minimum absolute atomic E-state index is 0.00387. The molecule has 4 heteroatoms. The van der Waals surface area contributed by atoms with E-state index in [0.717, 1.165) is 5.69 Å². The van der Waals surface area contributed by atoms with Gasteiger partial charge in [0.15, 0.2) is 5.82 Å². The Morgan fingerprint density at radius 2 is 2.07 bits per heavy atom. The quantitative estimate of drug-likeness (QED) is 0.784. The van der Waals surface area contributed by atoms with Crippen molar-refractivity contribution in [3.8, 4) is 0 Å². The van der Waals surface area contributed by atoms with Crippen LogP contribution in [-0.2, 0) is 11.8 Å². The maximum Gasteiger partial charge on any atom is 0.151 e. The Balaban J connectivity index is 2.79. The van der Waals surface area contributed by atoms with Gasteiger partial charge in [-0.25, -0.2) is 4.98 Å². The number of aromatic nitrogens is 3. The first kappa shape index (κ1) is 11.0. The highest BCUT2D eigenvalue weighted by Gasteiger charge is 2.16. The maximum absolute atomic E-state index is 8.68. The fourth-order valence-corrected chi connectivity index (χ4v) is 1.04. The molecular formula is C10H17N3O. The smallest absolute Gasteiger partial charge is 0.151 e. The van der Waals surface area contributed by atoms with Crippen LogP contribution in [0.15, 0.2) is 6.20 Å². The van der Waals surface area contributed by atoms with Gasteiger partial charge < -0.3 is 5.11 Å². The van der Waals surface area contributed by atoms with Crippen LogP contribution in [0, 0.1) is 0 Å². The van der Waals surface area contributed by atoms with Crippen molar-refractivity contribution in [2.45, 2.75) is 39.0 Å². The molecule has 1 aromatic heterocycles. The molecular weight excluding hydrogens is 178 g/mol. The zero-order valence-corrected chi connectivity index (χ0v) is 8.99. The van der Waals surface area contributed by atoms with Crippen LogP contribution in [0.25, 0.3) is 0 Å². The second-order valence-corrected chi connectivity index (χ2v) is 4.34. The van der Waals surface area contributed by atoms with E-state index in [1.54, 1.807) is 6.20 Å². The largest absolute Gasteiger partial charge is 0.396 e. The maximum atomic E-state index is 8.68. The molecule has 0 amide bonds.